The average Bonchev–Trinajstić information content (AvgIpc) is 2.83. The minimum atomic E-state index is -0.306. The molecule has 1 atom stereocenters. The zero-order chi connectivity index (χ0) is 20.3. The fraction of sp³-hybridized carbons (Fsp3) is 0.381. The summed E-state index contributed by atoms with van der Waals surface area (Å²) in [6.07, 6.45) is 1.75. The topological polar surface area (TPSA) is 79.5 Å². The Labute approximate surface area is 164 Å². The largest absolute Gasteiger partial charge is 0.384 e. The van der Waals surface area contributed by atoms with Crippen molar-refractivity contribution in [3.8, 4) is 0 Å². The minimum Gasteiger partial charge on any atom is -0.384 e. The van der Waals surface area contributed by atoms with Gasteiger partial charge in [0.05, 0.1) is 6.04 Å². The number of hydrogen-bond acceptors (Lipinski definition) is 4. The van der Waals surface area contributed by atoms with Crippen LogP contribution in [0.2, 0.25) is 0 Å². The lowest BCUT2D eigenvalue weighted by atomic mass is 10.0. The Morgan fingerprint density at radius 1 is 1.29 bits per heavy atom. The molecule has 0 unspecified atom stereocenters. The second-order valence-corrected chi connectivity index (χ2v) is 7.43. The monoisotopic (exact) mass is 384 g/mol. The molecular weight excluding hydrogens is 359 g/mol. The number of carbonyl (C=O) groups is 2. The van der Waals surface area contributed by atoms with Gasteiger partial charge in [0.25, 0.3) is 5.91 Å². The second-order valence-electron chi connectivity index (χ2n) is 7.43. The van der Waals surface area contributed by atoms with E-state index in [1.165, 1.54) is 18.3 Å². The molecule has 1 aromatic heterocycles. The number of hydrogen-bond donors (Lipinski definition) is 1. The van der Waals surface area contributed by atoms with E-state index in [-0.39, 0.29) is 41.8 Å². The van der Waals surface area contributed by atoms with E-state index in [1.54, 1.807) is 29.2 Å². The van der Waals surface area contributed by atoms with E-state index in [1.807, 2.05) is 18.7 Å². The van der Waals surface area contributed by atoms with E-state index in [0.717, 1.165) is 5.56 Å². The van der Waals surface area contributed by atoms with Crippen molar-refractivity contribution in [1.29, 1.82) is 0 Å². The number of amides is 2. The summed E-state index contributed by atoms with van der Waals surface area (Å²) in [6.45, 7) is 5.25. The predicted molar refractivity (Wildman–Crippen MR) is 105 cm³/mol. The summed E-state index contributed by atoms with van der Waals surface area (Å²) in [4.78, 5) is 33.2. The molecule has 0 spiro atoms. The maximum absolute atomic E-state index is 13.2. The highest BCUT2D eigenvalue weighted by molar-refractivity contribution is 5.95. The van der Waals surface area contributed by atoms with Crippen LogP contribution in [-0.4, -0.2) is 45.7 Å². The number of nitrogens with two attached hydrogens (primary N) is 1. The molecule has 1 aromatic carbocycles. The second kappa shape index (κ2) is 8.37. The first-order valence-corrected chi connectivity index (χ1v) is 9.40. The number of aromatic nitrogens is 1. The molecule has 28 heavy (non-hydrogen) atoms. The molecule has 6 nitrogen and oxygen atoms in total. The van der Waals surface area contributed by atoms with Crippen molar-refractivity contribution in [3.05, 3.63) is 59.5 Å². The van der Waals surface area contributed by atoms with Crippen LogP contribution in [0.1, 0.15) is 36.2 Å². The zero-order valence-corrected chi connectivity index (χ0v) is 16.1. The van der Waals surface area contributed by atoms with Crippen molar-refractivity contribution in [2.75, 3.05) is 18.8 Å². The van der Waals surface area contributed by atoms with Gasteiger partial charge < -0.3 is 15.5 Å². The van der Waals surface area contributed by atoms with Crippen molar-refractivity contribution in [2.24, 2.45) is 5.92 Å². The van der Waals surface area contributed by atoms with E-state index in [9.17, 15) is 14.0 Å². The standard InChI is InChI=1S/C21H25FN4O2/c1-14(2)18-13-25(21(28)16-7-9-24-19(23)11-16)10-8-20(27)26(18)12-15-3-5-17(22)6-4-15/h3-7,9,11,14,18H,8,10,12-13H2,1-2H3,(H2,23,24)/t18-/m0/s1. The summed E-state index contributed by atoms with van der Waals surface area (Å²) in [5.74, 6) is -0.0288. The minimum absolute atomic E-state index is 0.00688. The average molecular weight is 384 g/mol. The Morgan fingerprint density at radius 3 is 2.64 bits per heavy atom. The van der Waals surface area contributed by atoms with Gasteiger partial charge in [-0.25, -0.2) is 9.37 Å². The number of halogens is 1. The quantitative estimate of drug-likeness (QED) is 0.879. The molecule has 1 aliphatic heterocycles. The van der Waals surface area contributed by atoms with Gasteiger partial charge in [0, 0.05) is 37.8 Å². The molecule has 3 rings (SSSR count). The zero-order valence-electron chi connectivity index (χ0n) is 16.1. The van der Waals surface area contributed by atoms with Crippen LogP contribution in [0.15, 0.2) is 42.6 Å². The molecule has 0 radical (unpaired) electrons. The van der Waals surface area contributed by atoms with Crippen molar-refractivity contribution in [1.82, 2.24) is 14.8 Å². The molecule has 148 valence electrons. The number of rotatable bonds is 4. The molecule has 2 heterocycles. The van der Waals surface area contributed by atoms with Gasteiger partial charge in [-0.15, -0.1) is 0 Å². The lowest BCUT2D eigenvalue weighted by molar-refractivity contribution is -0.134. The smallest absolute Gasteiger partial charge is 0.254 e. The molecule has 1 saturated heterocycles. The summed E-state index contributed by atoms with van der Waals surface area (Å²) in [5.41, 5.74) is 7.03. The van der Waals surface area contributed by atoms with Crippen LogP contribution < -0.4 is 5.73 Å². The number of anilines is 1. The van der Waals surface area contributed by atoms with Gasteiger partial charge in [-0.2, -0.15) is 0 Å². The maximum atomic E-state index is 13.2. The van der Waals surface area contributed by atoms with E-state index in [2.05, 4.69) is 4.98 Å². The molecule has 1 aliphatic rings. The van der Waals surface area contributed by atoms with Crippen LogP contribution in [0.5, 0.6) is 0 Å². The number of nitrogen functional groups attached to an aromatic ring is 1. The van der Waals surface area contributed by atoms with Crippen molar-refractivity contribution in [2.45, 2.75) is 32.9 Å². The van der Waals surface area contributed by atoms with Crippen LogP contribution >= 0.6 is 0 Å². The third-order valence-electron chi connectivity index (χ3n) is 5.07. The molecule has 2 N–H and O–H groups in total. The Hall–Kier alpha value is -2.96. The molecule has 1 fully saturated rings. The maximum Gasteiger partial charge on any atom is 0.254 e. The Balaban J connectivity index is 1.83. The summed E-state index contributed by atoms with van der Waals surface area (Å²) in [7, 11) is 0. The van der Waals surface area contributed by atoms with Gasteiger partial charge >= 0.3 is 0 Å². The van der Waals surface area contributed by atoms with Gasteiger partial charge in [0.2, 0.25) is 5.91 Å². The lowest BCUT2D eigenvalue weighted by Gasteiger charge is -2.34. The van der Waals surface area contributed by atoms with Crippen LogP contribution in [-0.2, 0) is 11.3 Å². The van der Waals surface area contributed by atoms with Crippen LogP contribution in [0.4, 0.5) is 10.2 Å². The highest BCUT2D eigenvalue weighted by Gasteiger charge is 2.33. The first-order valence-electron chi connectivity index (χ1n) is 9.40. The summed E-state index contributed by atoms with van der Waals surface area (Å²) < 4.78 is 13.2. The normalized spacial score (nSPS) is 17.7. The molecule has 0 bridgehead atoms. The van der Waals surface area contributed by atoms with Gasteiger partial charge in [-0.3, -0.25) is 9.59 Å². The van der Waals surface area contributed by atoms with Crippen LogP contribution in [0.25, 0.3) is 0 Å². The number of benzene rings is 1. The third-order valence-corrected chi connectivity index (χ3v) is 5.07. The summed E-state index contributed by atoms with van der Waals surface area (Å²) >= 11 is 0. The lowest BCUT2D eigenvalue weighted by Crippen LogP contribution is -2.47. The predicted octanol–water partition coefficient (Wildman–Crippen LogP) is 2.70. The molecule has 0 aliphatic carbocycles. The Kier molecular flexibility index (Phi) is 5.92. The summed E-state index contributed by atoms with van der Waals surface area (Å²) in [5, 5.41) is 0. The van der Waals surface area contributed by atoms with E-state index >= 15 is 0 Å². The van der Waals surface area contributed by atoms with E-state index in [4.69, 9.17) is 5.73 Å². The third kappa shape index (κ3) is 4.47. The number of pyridine rings is 1. The molecular formula is C21H25FN4O2. The van der Waals surface area contributed by atoms with E-state index < -0.39 is 0 Å². The fourth-order valence-electron chi connectivity index (χ4n) is 3.49. The first-order chi connectivity index (χ1) is 13.3. The van der Waals surface area contributed by atoms with Crippen LogP contribution in [0, 0.1) is 11.7 Å². The molecule has 0 saturated carbocycles. The van der Waals surface area contributed by atoms with E-state index in [0.29, 0.717) is 25.2 Å². The number of nitrogens with zero attached hydrogens (tertiary/aromatic N) is 3. The van der Waals surface area contributed by atoms with Crippen molar-refractivity contribution < 1.29 is 14.0 Å². The number of carbonyl (C=O) groups excluding carboxylic acids is 2. The Bertz CT molecular complexity index is 854. The molecule has 2 amide bonds. The SMILES string of the molecule is CC(C)[C@@H]1CN(C(=O)c2ccnc(N)c2)CCC(=O)N1Cc1ccc(F)cc1. The molecule has 7 heteroatoms. The van der Waals surface area contributed by atoms with Crippen molar-refractivity contribution >= 4 is 17.6 Å². The van der Waals surface area contributed by atoms with Gasteiger partial charge in [0.15, 0.2) is 0 Å². The summed E-state index contributed by atoms with van der Waals surface area (Å²) in [6, 6.07) is 9.21. The van der Waals surface area contributed by atoms with Gasteiger partial charge in [-0.1, -0.05) is 26.0 Å². The van der Waals surface area contributed by atoms with Crippen LogP contribution in [0.3, 0.4) is 0 Å². The highest BCUT2D eigenvalue weighted by Crippen LogP contribution is 2.22. The fourth-order valence-corrected chi connectivity index (χ4v) is 3.49. The highest BCUT2D eigenvalue weighted by atomic mass is 19.1. The first kappa shape index (κ1) is 19.8. The van der Waals surface area contributed by atoms with Crippen molar-refractivity contribution in [3.63, 3.8) is 0 Å². The Morgan fingerprint density at radius 2 is 2.00 bits per heavy atom. The van der Waals surface area contributed by atoms with Gasteiger partial charge in [-0.05, 0) is 35.7 Å². The van der Waals surface area contributed by atoms with Gasteiger partial charge in [0.1, 0.15) is 11.6 Å². The molecule has 2 aromatic rings.